The molecule has 1 amide bonds. The summed E-state index contributed by atoms with van der Waals surface area (Å²) in [6.07, 6.45) is -2.55. The number of allylic oxidation sites excluding steroid dienone is 1. The Morgan fingerprint density at radius 1 is 1.00 bits per heavy atom. The maximum atomic E-state index is 13.5. The zero-order valence-electron chi connectivity index (χ0n) is 19.6. The van der Waals surface area contributed by atoms with E-state index < -0.39 is 46.0 Å². The molecule has 1 saturated heterocycles. The number of hydrogen-bond donors (Lipinski definition) is 0. The van der Waals surface area contributed by atoms with E-state index in [-0.39, 0.29) is 11.6 Å². The summed E-state index contributed by atoms with van der Waals surface area (Å²) in [5.41, 5.74) is 1.79. The molecule has 2 aromatic rings. The molecular weight excluding hydrogens is 581 g/mol. The summed E-state index contributed by atoms with van der Waals surface area (Å²) in [7, 11) is 2.77. The highest BCUT2D eigenvalue weighted by Crippen LogP contribution is 2.53. The number of nitrogens with zero attached hydrogens (tertiary/aromatic N) is 1. The molecule has 0 radical (unpaired) electrons. The van der Waals surface area contributed by atoms with Crippen LogP contribution in [0.5, 0.6) is 0 Å². The number of benzene rings is 2. The van der Waals surface area contributed by atoms with Gasteiger partial charge in [0, 0.05) is 4.91 Å². The van der Waals surface area contributed by atoms with Gasteiger partial charge in [-0.2, -0.15) is 0 Å². The molecule has 0 bridgehead atoms. The summed E-state index contributed by atoms with van der Waals surface area (Å²) in [5.74, 6) is -1.66. The van der Waals surface area contributed by atoms with E-state index in [1.807, 2.05) is 60.7 Å². The topological polar surface area (TPSA) is 82.1 Å². The monoisotopic (exact) mass is 601 g/mol. The first-order chi connectivity index (χ1) is 17.6. The van der Waals surface area contributed by atoms with Crippen molar-refractivity contribution in [3.63, 3.8) is 0 Å². The smallest absolute Gasteiger partial charge is 0.448 e. The molecule has 2 aliphatic rings. The van der Waals surface area contributed by atoms with Gasteiger partial charge in [-0.3, -0.25) is 9.69 Å². The predicted octanol–water partition coefficient (Wildman–Crippen LogP) is 6.64. The average molecular weight is 603 g/mol. The number of esters is 1. The Kier molecular flexibility index (Phi) is 8.91. The third-order valence-corrected chi connectivity index (χ3v) is 8.89. The maximum absolute atomic E-state index is 13.5. The van der Waals surface area contributed by atoms with Crippen LogP contribution in [0.4, 0.5) is 4.79 Å². The highest BCUT2D eigenvalue weighted by molar-refractivity contribution is 8.78. The third kappa shape index (κ3) is 6.52. The van der Waals surface area contributed by atoms with Crippen LogP contribution in [-0.2, 0) is 23.8 Å². The van der Waals surface area contributed by atoms with Crippen LogP contribution in [0, 0.1) is 5.92 Å². The predicted molar refractivity (Wildman–Crippen MR) is 145 cm³/mol. The Morgan fingerprint density at radius 2 is 1.57 bits per heavy atom. The number of rotatable bonds is 7. The van der Waals surface area contributed by atoms with Crippen molar-refractivity contribution < 1.29 is 28.6 Å². The van der Waals surface area contributed by atoms with Gasteiger partial charge >= 0.3 is 12.1 Å². The largest absolute Gasteiger partial charge is 0.508 e. The molecule has 2 heterocycles. The fourth-order valence-electron chi connectivity index (χ4n) is 3.98. The van der Waals surface area contributed by atoms with Crippen molar-refractivity contribution in [3.05, 3.63) is 82.4 Å². The van der Waals surface area contributed by atoms with E-state index >= 15 is 0 Å². The van der Waals surface area contributed by atoms with Gasteiger partial charge in [0.2, 0.25) is 9.70 Å². The molecule has 7 nitrogen and oxygen atoms in total. The minimum Gasteiger partial charge on any atom is -0.448 e. The highest BCUT2D eigenvalue weighted by Gasteiger charge is 2.57. The molecule has 0 spiro atoms. The first-order valence-corrected chi connectivity index (χ1v) is 14.5. The van der Waals surface area contributed by atoms with Crippen LogP contribution in [-0.4, -0.2) is 44.8 Å². The molecular formula is C25H22Cl3NO6S2. The van der Waals surface area contributed by atoms with Crippen LogP contribution in [0.2, 0.25) is 0 Å². The number of carbonyl (C=O) groups is 3. The summed E-state index contributed by atoms with van der Waals surface area (Å²) in [6.45, 7) is 2.84. The Labute approximate surface area is 237 Å². The number of fused-ring (bicyclic) bond motifs is 1. The second-order valence-corrected chi connectivity index (χ2v) is 13.3. The van der Waals surface area contributed by atoms with E-state index in [0.717, 1.165) is 11.1 Å². The molecule has 2 aliphatic heterocycles. The lowest BCUT2D eigenvalue weighted by atomic mass is 9.91. The first-order valence-electron chi connectivity index (χ1n) is 11.1. The average Bonchev–Trinajstić information content (AvgIpc) is 2.86. The fraction of sp³-hybridized carbons (Fsp3) is 0.320. The van der Waals surface area contributed by atoms with Gasteiger partial charge in [0.25, 0.3) is 0 Å². The van der Waals surface area contributed by atoms with Crippen molar-refractivity contribution in [2.24, 2.45) is 5.92 Å². The minimum absolute atomic E-state index is 0.179. The standard InChI is InChI=1S/C25H22Cl3NO6S2/c1-14(34-24(32)33-13-25(26,27)28)18-21(30)29-19(15(2)36-37-22(18)29)23(31)35-20(16-9-5-3-6-10-16)17-11-7-4-8-12-17/h3-12,14,18,20,22H,13H2,1-2H3/t14-,18+,22-/m1/s1. The highest BCUT2D eigenvalue weighted by atomic mass is 35.6. The number of carbonyl (C=O) groups excluding carboxylic acids is 3. The second-order valence-electron chi connectivity index (χ2n) is 8.29. The van der Waals surface area contributed by atoms with Crippen molar-refractivity contribution >= 4 is 74.4 Å². The van der Waals surface area contributed by atoms with Crippen LogP contribution in [0.15, 0.2) is 71.3 Å². The first kappa shape index (κ1) is 28.0. The fourth-order valence-corrected chi connectivity index (χ4v) is 6.98. The molecule has 1 fully saturated rings. The number of alkyl halides is 3. The van der Waals surface area contributed by atoms with Gasteiger partial charge in [0.15, 0.2) is 6.10 Å². The van der Waals surface area contributed by atoms with Gasteiger partial charge in [0.1, 0.15) is 29.7 Å². The van der Waals surface area contributed by atoms with E-state index in [1.165, 1.54) is 26.5 Å². The SMILES string of the molecule is CC1=C(C(=O)OC(c2ccccc2)c2ccccc2)N2C(=O)[C@H]([C@@H](C)OC(=O)OCC(Cl)(Cl)Cl)[C@H]2SS1. The van der Waals surface area contributed by atoms with Crippen LogP contribution < -0.4 is 0 Å². The lowest BCUT2D eigenvalue weighted by Gasteiger charge is -2.50. The zero-order valence-corrected chi connectivity index (χ0v) is 23.5. The molecule has 3 atom stereocenters. The lowest BCUT2D eigenvalue weighted by molar-refractivity contribution is -0.161. The lowest BCUT2D eigenvalue weighted by Crippen LogP contribution is -2.64. The molecule has 0 saturated carbocycles. The van der Waals surface area contributed by atoms with Crippen LogP contribution in [0.25, 0.3) is 0 Å². The van der Waals surface area contributed by atoms with Crippen molar-refractivity contribution in [2.45, 2.75) is 35.2 Å². The van der Waals surface area contributed by atoms with E-state index in [2.05, 4.69) is 0 Å². The molecule has 0 N–H and O–H groups in total. The molecule has 0 unspecified atom stereocenters. The molecule has 37 heavy (non-hydrogen) atoms. The summed E-state index contributed by atoms with van der Waals surface area (Å²) in [5, 5.41) is -0.438. The Balaban J connectivity index is 1.48. The number of amides is 1. The molecule has 0 aliphatic carbocycles. The molecule has 12 heteroatoms. The Bertz CT molecular complexity index is 1150. The van der Waals surface area contributed by atoms with Crippen LogP contribution in [0.1, 0.15) is 31.1 Å². The minimum atomic E-state index is -1.78. The number of hydrogen-bond acceptors (Lipinski definition) is 8. The Hall–Kier alpha value is -2.04. The zero-order chi connectivity index (χ0) is 26.7. The third-order valence-electron chi connectivity index (χ3n) is 5.69. The number of halogens is 3. The summed E-state index contributed by atoms with van der Waals surface area (Å²) in [4.78, 5) is 40.7. The van der Waals surface area contributed by atoms with E-state index in [9.17, 15) is 14.4 Å². The van der Waals surface area contributed by atoms with Gasteiger partial charge in [-0.05, 0) is 25.0 Å². The van der Waals surface area contributed by atoms with E-state index in [0.29, 0.717) is 4.91 Å². The van der Waals surface area contributed by atoms with Gasteiger partial charge in [-0.15, -0.1) is 0 Å². The van der Waals surface area contributed by atoms with Gasteiger partial charge in [0.05, 0.1) is 0 Å². The summed E-state index contributed by atoms with van der Waals surface area (Å²) in [6, 6.07) is 18.8. The normalized spacial score (nSPS) is 20.2. The van der Waals surface area contributed by atoms with Crippen molar-refractivity contribution in [2.75, 3.05) is 6.61 Å². The van der Waals surface area contributed by atoms with E-state index in [4.69, 9.17) is 49.0 Å². The molecule has 196 valence electrons. The van der Waals surface area contributed by atoms with E-state index in [1.54, 1.807) is 13.8 Å². The quantitative estimate of drug-likeness (QED) is 0.151. The molecule has 2 aromatic carbocycles. The Morgan fingerprint density at radius 3 is 2.11 bits per heavy atom. The maximum Gasteiger partial charge on any atom is 0.508 e. The number of β-lactam (4-membered cyclic amide) rings is 1. The summed E-state index contributed by atoms with van der Waals surface area (Å²) < 4.78 is 14.2. The van der Waals surface area contributed by atoms with Crippen LogP contribution >= 0.6 is 56.4 Å². The molecule has 4 rings (SSSR count). The van der Waals surface area contributed by atoms with Crippen molar-refractivity contribution in [3.8, 4) is 0 Å². The second kappa shape index (κ2) is 11.8. The van der Waals surface area contributed by atoms with Gasteiger partial charge < -0.3 is 14.2 Å². The van der Waals surface area contributed by atoms with Crippen molar-refractivity contribution in [1.82, 2.24) is 4.90 Å². The molecule has 0 aromatic heterocycles. The van der Waals surface area contributed by atoms with Gasteiger partial charge in [-0.1, -0.05) is 117 Å². The van der Waals surface area contributed by atoms with Crippen molar-refractivity contribution in [1.29, 1.82) is 0 Å². The van der Waals surface area contributed by atoms with Crippen LogP contribution in [0.3, 0.4) is 0 Å². The number of ether oxygens (including phenoxy) is 3. The van der Waals surface area contributed by atoms with Gasteiger partial charge in [-0.25, -0.2) is 9.59 Å². The summed E-state index contributed by atoms with van der Waals surface area (Å²) >= 11 is 16.8.